The van der Waals surface area contributed by atoms with E-state index in [0.717, 1.165) is 4.90 Å². The molecule has 0 atom stereocenters. The molecule has 1 saturated heterocycles. The summed E-state index contributed by atoms with van der Waals surface area (Å²) in [4.78, 5) is 34.4. The summed E-state index contributed by atoms with van der Waals surface area (Å²) < 4.78 is 4.53. The third kappa shape index (κ3) is 2.44. The van der Waals surface area contributed by atoms with Gasteiger partial charge in [-0.25, -0.2) is 0 Å². The minimum atomic E-state index is -0.704. The number of likely N-dealkylation sites (tertiary alicyclic amines) is 1. The number of hydrogen-bond donors (Lipinski definition) is 0. The molecule has 0 unspecified atom stereocenters. The van der Waals surface area contributed by atoms with Crippen LogP contribution >= 0.6 is 0 Å². The third-order valence-electron chi connectivity index (χ3n) is 1.82. The molecular weight excluding hydrogens is 198 g/mol. The maximum absolute atomic E-state index is 11.3. The van der Waals surface area contributed by atoms with E-state index >= 15 is 0 Å². The Labute approximate surface area is 86.7 Å². The minimum Gasteiger partial charge on any atom is -0.451 e. The Bertz CT molecular complexity index is 377. The molecule has 1 heterocycles. The van der Waals surface area contributed by atoms with Crippen molar-refractivity contribution in [3.8, 4) is 12.3 Å². The maximum atomic E-state index is 11.3. The van der Waals surface area contributed by atoms with Crippen LogP contribution in [0.2, 0.25) is 0 Å². The van der Waals surface area contributed by atoms with Crippen molar-refractivity contribution in [1.82, 2.24) is 4.90 Å². The van der Waals surface area contributed by atoms with Crippen LogP contribution in [-0.4, -0.2) is 35.8 Å². The highest BCUT2D eigenvalue weighted by molar-refractivity contribution is 6.14. The van der Waals surface area contributed by atoms with Crippen molar-refractivity contribution in [2.75, 3.05) is 13.2 Å². The molecule has 15 heavy (non-hydrogen) atoms. The molecule has 0 bridgehead atoms. The van der Waals surface area contributed by atoms with Crippen molar-refractivity contribution in [2.45, 2.75) is 6.42 Å². The predicted octanol–water partition coefficient (Wildman–Crippen LogP) is -0.522. The van der Waals surface area contributed by atoms with Gasteiger partial charge in [0.2, 0.25) is 5.91 Å². The van der Waals surface area contributed by atoms with Gasteiger partial charge in [-0.3, -0.25) is 19.3 Å². The normalized spacial score (nSPS) is 15.4. The molecule has 0 aliphatic carbocycles. The predicted molar refractivity (Wildman–Crippen MR) is 50.3 cm³/mol. The lowest BCUT2D eigenvalue weighted by Gasteiger charge is -2.11. The van der Waals surface area contributed by atoms with Crippen LogP contribution in [0, 0.1) is 12.3 Å². The first kappa shape index (κ1) is 11.0. The number of amides is 2. The van der Waals surface area contributed by atoms with Gasteiger partial charge in [0, 0.05) is 5.57 Å². The monoisotopic (exact) mass is 207 g/mol. The molecule has 1 aliphatic rings. The molecule has 0 radical (unpaired) electrons. The maximum Gasteiger partial charge on any atom is 0.327 e. The van der Waals surface area contributed by atoms with Crippen molar-refractivity contribution < 1.29 is 19.1 Å². The van der Waals surface area contributed by atoms with E-state index in [1.54, 1.807) is 0 Å². The zero-order valence-corrected chi connectivity index (χ0v) is 7.99. The number of terminal acetylenes is 1. The van der Waals surface area contributed by atoms with Crippen molar-refractivity contribution in [2.24, 2.45) is 0 Å². The Balaban J connectivity index is 2.55. The average molecular weight is 207 g/mol. The van der Waals surface area contributed by atoms with E-state index in [9.17, 15) is 14.4 Å². The molecule has 0 aromatic rings. The smallest absolute Gasteiger partial charge is 0.327 e. The van der Waals surface area contributed by atoms with Crippen molar-refractivity contribution in [3.05, 3.63) is 12.2 Å². The number of carbonyl (C=O) groups is 3. The summed E-state index contributed by atoms with van der Waals surface area (Å²) >= 11 is 0. The fourth-order valence-electron chi connectivity index (χ4n) is 1.11. The first-order valence-corrected chi connectivity index (χ1v) is 4.18. The summed E-state index contributed by atoms with van der Waals surface area (Å²) in [7, 11) is 0. The molecule has 0 saturated carbocycles. The summed E-state index contributed by atoms with van der Waals surface area (Å²) in [5, 5.41) is 0. The Morgan fingerprint density at radius 2 is 2.27 bits per heavy atom. The van der Waals surface area contributed by atoms with Crippen LogP contribution < -0.4 is 0 Å². The number of esters is 1. The van der Waals surface area contributed by atoms with E-state index in [-0.39, 0.29) is 18.6 Å². The van der Waals surface area contributed by atoms with Gasteiger partial charge in [-0.2, -0.15) is 0 Å². The number of hydrogen-bond acceptors (Lipinski definition) is 4. The standard InChI is InChI=1S/C10H9NO4/c1-3-4-15-9(13)6-11-8(12)5-7(2)10(11)14/h1H,2,4-6H2. The van der Waals surface area contributed by atoms with Gasteiger partial charge >= 0.3 is 5.97 Å². The second-order valence-electron chi connectivity index (χ2n) is 2.93. The Morgan fingerprint density at radius 3 is 2.73 bits per heavy atom. The van der Waals surface area contributed by atoms with Crippen LogP contribution in [0.3, 0.4) is 0 Å². The van der Waals surface area contributed by atoms with Crippen molar-refractivity contribution in [1.29, 1.82) is 0 Å². The van der Waals surface area contributed by atoms with E-state index in [2.05, 4.69) is 17.2 Å². The largest absolute Gasteiger partial charge is 0.451 e. The quantitative estimate of drug-likeness (QED) is 0.270. The zero-order chi connectivity index (χ0) is 11.4. The fraction of sp³-hybridized carbons (Fsp3) is 0.300. The van der Waals surface area contributed by atoms with Crippen LogP contribution in [0.25, 0.3) is 0 Å². The molecule has 0 aromatic heterocycles. The van der Waals surface area contributed by atoms with Gasteiger partial charge in [0.05, 0.1) is 6.42 Å². The minimum absolute atomic E-state index is 0.0404. The Kier molecular flexibility index (Phi) is 3.24. The Hall–Kier alpha value is -2.09. The van der Waals surface area contributed by atoms with Gasteiger partial charge in [-0.05, 0) is 0 Å². The van der Waals surface area contributed by atoms with Gasteiger partial charge in [-0.1, -0.05) is 12.5 Å². The van der Waals surface area contributed by atoms with Crippen LogP contribution in [0.4, 0.5) is 0 Å². The van der Waals surface area contributed by atoms with Gasteiger partial charge in [-0.15, -0.1) is 6.42 Å². The van der Waals surface area contributed by atoms with Gasteiger partial charge in [0.15, 0.2) is 6.61 Å². The summed E-state index contributed by atoms with van der Waals surface area (Å²) in [5.41, 5.74) is 0.185. The number of ether oxygens (including phenoxy) is 1. The van der Waals surface area contributed by atoms with E-state index in [1.807, 2.05) is 0 Å². The first-order chi connectivity index (χ1) is 7.06. The molecule has 2 amide bonds. The number of imide groups is 1. The van der Waals surface area contributed by atoms with Gasteiger partial charge in [0.25, 0.3) is 5.91 Å². The second kappa shape index (κ2) is 4.42. The summed E-state index contributed by atoms with van der Waals surface area (Å²) in [6.45, 7) is 2.83. The molecule has 5 heteroatoms. The topological polar surface area (TPSA) is 63.7 Å². The summed E-state index contributed by atoms with van der Waals surface area (Å²) in [6.07, 6.45) is 4.83. The van der Waals surface area contributed by atoms with Gasteiger partial charge < -0.3 is 4.74 Å². The van der Waals surface area contributed by atoms with E-state index in [0.29, 0.717) is 0 Å². The van der Waals surface area contributed by atoms with Crippen LogP contribution in [0.15, 0.2) is 12.2 Å². The fourth-order valence-corrected chi connectivity index (χ4v) is 1.11. The number of nitrogens with zero attached hydrogens (tertiary/aromatic N) is 1. The van der Waals surface area contributed by atoms with Crippen LogP contribution in [-0.2, 0) is 19.1 Å². The van der Waals surface area contributed by atoms with Crippen molar-refractivity contribution in [3.63, 3.8) is 0 Å². The molecule has 0 aromatic carbocycles. The molecule has 1 fully saturated rings. The first-order valence-electron chi connectivity index (χ1n) is 4.18. The van der Waals surface area contributed by atoms with Crippen molar-refractivity contribution >= 4 is 17.8 Å². The lowest BCUT2D eigenvalue weighted by atomic mass is 10.3. The lowest BCUT2D eigenvalue weighted by Crippen LogP contribution is -2.35. The highest BCUT2D eigenvalue weighted by atomic mass is 16.5. The molecule has 5 nitrogen and oxygen atoms in total. The molecule has 0 spiro atoms. The molecule has 78 valence electrons. The molecule has 0 N–H and O–H groups in total. The highest BCUT2D eigenvalue weighted by Crippen LogP contribution is 2.16. The van der Waals surface area contributed by atoms with Gasteiger partial charge in [0.1, 0.15) is 6.54 Å². The molecule has 1 rings (SSSR count). The average Bonchev–Trinajstić information content (AvgIpc) is 2.42. The zero-order valence-electron chi connectivity index (χ0n) is 7.99. The second-order valence-corrected chi connectivity index (χ2v) is 2.93. The number of carbonyl (C=O) groups excluding carboxylic acids is 3. The lowest BCUT2D eigenvalue weighted by molar-refractivity contribution is -0.151. The van der Waals surface area contributed by atoms with E-state index < -0.39 is 24.3 Å². The SMILES string of the molecule is C#CCOC(=O)CN1C(=O)CC(=C)C1=O. The third-order valence-corrected chi connectivity index (χ3v) is 1.82. The molecular formula is C10H9NO4. The van der Waals surface area contributed by atoms with Crippen LogP contribution in [0.5, 0.6) is 0 Å². The van der Waals surface area contributed by atoms with E-state index in [1.165, 1.54) is 0 Å². The molecule has 1 aliphatic heterocycles. The summed E-state index contributed by atoms with van der Waals surface area (Å²) in [6, 6.07) is 0. The highest BCUT2D eigenvalue weighted by Gasteiger charge is 2.33. The van der Waals surface area contributed by atoms with E-state index in [4.69, 9.17) is 6.42 Å². The van der Waals surface area contributed by atoms with Crippen LogP contribution in [0.1, 0.15) is 6.42 Å². The summed E-state index contributed by atoms with van der Waals surface area (Å²) in [5.74, 6) is 0.429. The Morgan fingerprint density at radius 1 is 1.60 bits per heavy atom. The number of rotatable bonds is 3.